The minimum atomic E-state index is -0.856. The first-order valence-corrected chi connectivity index (χ1v) is 4.69. The first-order valence-electron chi connectivity index (χ1n) is 4.31. The summed E-state index contributed by atoms with van der Waals surface area (Å²) in [7, 11) is 0. The second-order valence-electron chi connectivity index (χ2n) is 2.14. The van der Waals surface area contributed by atoms with E-state index in [9.17, 15) is 4.79 Å². The van der Waals surface area contributed by atoms with Crippen LogP contribution < -0.4 is 0 Å². The highest BCUT2D eigenvalue weighted by molar-refractivity contribution is 6.61. The van der Waals surface area contributed by atoms with Gasteiger partial charge in [0.25, 0.3) is 0 Å². The Bertz CT molecular complexity index is 130. The molecule has 4 heteroatoms. The quantitative estimate of drug-likeness (QED) is 0.525. The van der Waals surface area contributed by atoms with Gasteiger partial charge in [0, 0.05) is 11.6 Å². The van der Waals surface area contributed by atoms with Gasteiger partial charge in [-0.05, 0) is 19.6 Å². The lowest BCUT2D eigenvalue weighted by molar-refractivity contribution is 0.212. The molecule has 3 nitrogen and oxygen atoms in total. The Balaban J connectivity index is 0. The van der Waals surface area contributed by atoms with Crippen LogP contribution in [0.4, 0.5) is 4.79 Å². The highest BCUT2D eigenvalue weighted by atomic mass is 35.5. The summed E-state index contributed by atoms with van der Waals surface area (Å²) in [4.78, 5) is 11.9. The third-order valence-corrected chi connectivity index (χ3v) is 1.61. The van der Waals surface area contributed by atoms with Gasteiger partial charge in [0.15, 0.2) is 0 Å². The van der Waals surface area contributed by atoms with E-state index < -0.39 is 5.43 Å². The number of hydrogen-bond acceptors (Lipinski definition) is 3. The van der Waals surface area contributed by atoms with Crippen LogP contribution in [-0.4, -0.2) is 30.0 Å². The number of hydrogen-bond donors (Lipinski definition) is 0. The lowest BCUT2D eigenvalue weighted by atomic mass is 10.5. The Morgan fingerprint density at radius 2 is 1.77 bits per heavy atom. The minimum Gasteiger partial charge on any atom is -0.423 e. The van der Waals surface area contributed by atoms with Crippen molar-refractivity contribution in [2.24, 2.45) is 0 Å². The molecule has 0 amide bonds. The molecule has 0 rings (SSSR count). The summed E-state index contributed by atoms with van der Waals surface area (Å²) in [5.41, 5.74) is -0.856. The molecule has 78 valence electrons. The maximum atomic E-state index is 9.52. The summed E-state index contributed by atoms with van der Waals surface area (Å²) in [6.07, 6.45) is 0.968. The maximum absolute atomic E-state index is 9.52. The zero-order valence-electron chi connectivity index (χ0n) is 8.55. The highest BCUT2D eigenvalue weighted by Gasteiger charge is 1.89. The number of halogens is 1. The van der Waals surface area contributed by atoms with E-state index in [2.05, 4.69) is 48.6 Å². The lowest BCUT2D eigenvalue weighted by Gasteiger charge is -2.13. The molecular weight excluding hydrogens is 190 g/mol. The minimum absolute atomic E-state index is 0.856. The SMILES string of the molecule is C=COC(=O)Cl.CCN(CC)CC. The van der Waals surface area contributed by atoms with Gasteiger partial charge in [0.1, 0.15) is 0 Å². The number of ether oxygens (including phenoxy) is 1. The van der Waals surface area contributed by atoms with Crippen LogP contribution in [0.2, 0.25) is 0 Å². The molecule has 0 aliphatic carbocycles. The third kappa shape index (κ3) is 14.3. The van der Waals surface area contributed by atoms with Gasteiger partial charge in [-0.1, -0.05) is 27.4 Å². The maximum Gasteiger partial charge on any atom is 0.408 e. The van der Waals surface area contributed by atoms with E-state index in [0.29, 0.717) is 0 Å². The van der Waals surface area contributed by atoms with E-state index >= 15 is 0 Å². The molecule has 0 spiro atoms. The van der Waals surface area contributed by atoms with Crippen molar-refractivity contribution in [2.45, 2.75) is 20.8 Å². The van der Waals surface area contributed by atoms with Gasteiger partial charge in [0.2, 0.25) is 0 Å². The molecule has 0 bridgehead atoms. The van der Waals surface area contributed by atoms with E-state index in [1.165, 1.54) is 19.6 Å². The molecule has 13 heavy (non-hydrogen) atoms. The smallest absolute Gasteiger partial charge is 0.408 e. The van der Waals surface area contributed by atoms with Gasteiger partial charge in [-0.15, -0.1) is 0 Å². The fourth-order valence-corrected chi connectivity index (χ4v) is 0.799. The predicted molar refractivity (Wildman–Crippen MR) is 56.0 cm³/mol. The van der Waals surface area contributed by atoms with E-state index in [0.717, 1.165) is 6.26 Å². The van der Waals surface area contributed by atoms with E-state index in [-0.39, 0.29) is 0 Å². The van der Waals surface area contributed by atoms with Crippen molar-refractivity contribution in [1.82, 2.24) is 4.90 Å². The molecule has 0 fully saturated rings. The van der Waals surface area contributed by atoms with Crippen molar-refractivity contribution < 1.29 is 9.53 Å². The number of nitrogens with zero attached hydrogens (tertiary/aromatic N) is 1. The molecule has 0 N–H and O–H groups in total. The van der Waals surface area contributed by atoms with Gasteiger partial charge in [-0.25, -0.2) is 4.79 Å². The zero-order valence-corrected chi connectivity index (χ0v) is 9.30. The molecule has 0 saturated carbocycles. The summed E-state index contributed by atoms with van der Waals surface area (Å²) in [5.74, 6) is 0. The molecule has 0 atom stereocenters. The molecule has 0 aliphatic heterocycles. The van der Waals surface area contributed by atoms with Crippen molar-refractivity contribution in [3.8, 4) is 0 Å². The summed E-state index contributed by atoms with van der Waals surface area (Å²) < 4.78 is 3.93. The summed E-state index contributed by atoms with van der Waals surface area (Å²) in [5, 5.41) is 0. The molecule has 0 aromatic rings. The Labute approximate surface area is 85.3 Å². The fraction of sp³-hybridized carbons (Fsp3) is 0.667. The first-order chi connectivity index (χ1) is 6.12. The molecule has 0 aromatic carbocycles. The first kappa shape index (κ1) is 15.0. The largest absolute Gasteiger partial charge is 0.423 e. The topological polar surface area (TPSA) is 29.5 Å². The van der Waals surface area contributed by atoms with Crippen LogP contribution in [-0.2, 0) is 4.74 Å². The van der Waals surface area contributed by atoms with Crippen LogP contribution in [0.25, 0.3) is 0 Å². The number of carbonyl (C=O) groups is 1. The normalized spacial score (nSPS) is 8.69. The third-order valence-electron chi connectivity index (χ3n) is 1.52. The van der Waals surface area contributed by atoms with Crippen LogP contribution in [0.5, 0.6) is 0 Å². The average molecular weight is 208 g/mol. The second kappa shape index (κ2) is 11.5. The molecule has 0 unspecified atom stereocenters. The van der Waals surface area contributed by atoms with Gasteiger partial charge in [-0.2, -0.15) is 0 Å². The van der Waals surface area contributed by atoms with Gasteiger partial charge in [0.05, 0.1) is 6.26 Å². The number of rotatable bonds is 4. The predicted octanol–water partition coefficient (Wildman–Crippen LogP) is 2.85. The van der Waals surface area contributed by atoms with E-state index in [1.807, 2.05) is 0 Å². The highest BCUT2D eigenvalue weighted by Crippen LogP contribution is 1.83. The fourth-order valence-electron chi connectivity index (χ4n) is 0.736. The van der Waals surface area contributed by atoms with Crippen molar-refractivity contribution in [3.63, 3.8) is 0 Å². The Morgan fingerprint density at radius 1 is 1.38 bits per heavy atom. The standard InChI is InChI=1S/C6H15N.C3H3ClO2/c1-4-7(5-2)6-3;1-2-6-3(4)5/h4-6H2,1-3H3;2H,1H2. The lowest BCUT2D eigenvalue weighted by Crippen LogP contribution is -2.21. The summed E-state index contributed by atoms with van der Waals surface area (Å²) in [6.45, 7) is 13.2. The summed E-state index contributed by atoms with van der Waals surface area (Å²) in [6, 6.07) is 0. The Morgan fingerprint density at radius 3 is 1.77 bits per heavy atom. The van der Waals surface area contributed by atoms with Gasteiger partial charge >= 0.3 is 5.43 Å². The van der Waals surface area contributed by atoms with Gasteiger partial charge < -0.3 is 9.64 Å². The van der Waals surface area contributed by atoms with Crippen molar-refractivity contribution in [2.75, 3.05) is 19.6 Å². The van der Waals surface area contributed by atoms with E-state index in [4.69, 9.17) is 0 Å². The zero-order chi connectivity index (χ0) is 10.7. The molecule has 0 heterocycles. The van der Waals surface area contributed by atoms with Gasteiger partial charge in [-0.3, -0.25) is 0 Å². The Kier molecular flexibility index (Phi) is 13.2. The Hall–Kier alpha value is -0.540. The van der Waals surface area contributed by atoms with Crippen molar-refractivity contribution in [1.29, 1.82) is 0 Å². The monoisotopic (exact) mass is 207 g/mol. The van der Waals surface area contributed by atoms with Crippen molar-refractivity contribution >= 4 is 17.0 Å². The molecule has 0 saturated heterocycles. The number of carbonyl (C=O) groups excluding carboxylic acids is 1. The molecule has 0 radical (unpaired) electrons. The molecule has 0 aliphatic rings. The average Bonchev–Trinajstić information content (AvgIpc) is 2.08. The van der Waals surface area contributed by atoms with E-state index in [1.54, 1.807) is 0 Å². The van der Waals surface area contributed by atoms with Crippen LogP contribution in [0.15, 0.2) is 12.8 Å². The molecule has 0 aromatic heterocycles. The van der Waals surface area contributed by atoms with Crippen molar-refractivity contribution in [3.05, 3.63) is 12.8 Å². The summed E-state index contributed by atoms with van der Waals surface area (Å²) >= 11 is 4.65. The van der Waals surface area contributed by atoms with Crippen LogP contribution in [0.3, 0.4) is 0 Å². The second-order valence-corrected chi connectivity index (χ2v) is 2.45. The van der Waals surface area contributed by atoms with Crippen LogP contribution >= 0.6 is 11.6 Å². The van der Waals surface area contributed by atoms with Crippen LogP contribution in [0.1, 0.15) is 20.8 Å². The van der Waals surface area contributed by atoms with Crippen LogP contribution in [0, 0.1) is 0 Å². The molecular formula is C9H18ClNO2.